The van der Waals surface area contributed by atoms with Gasteiger partial charge in [-0.05, 0) is 44.4 Å². The van der Waals surface area contributed by atoms with Gasteiger partial charge in [-0.2, -0.15) is 0 Å². The first-order valence-corrected chi connectivity index (χ1v) is 19.8. The zero-order valence-corrected chi connectivity index (χ0v) is 35.8. The topological polar surface area (TPSA) is 153 Å². The van der Waals surface area contributed by atoms with Crippen molar-refractivity contribution in [3.8, 4) is 0 Å². The highest BCUT2D eigenvalue weighted by molar-refractivity contribution is 5.69. The lowest BCUT2D eigenvalue weighted by Crippen LogP contribution is -2.59. The van der Waals surface area contributed by atoms with E-state index in [9.17, 15) is 24.3 Å². The summed E-state index contributed by atoms with van der Waals surface area (Å²) >= 11 is 0. The van der Waals surface area contributed by atoms with Gasteiger partial charge in [-0.3, -0.25) is 19.2 Å². The lowest BCUT2D eigenvalue weighted by atomic mass is 9.71. The van der Waals surface area contributed by atoms with E-state index in [-0.39, 0.29) is 25.2 Å². The zero-order chi connectivity index (χ0) is 43.2. The van der Waals surface area contributed by atoms with Crippen molar-refractivity contribution in [1.82, 2.24) is 0 Å². The van der Waals surface area contributed by atoms with E-state index in [0.29, 0.717) is 0 Å². The molecule has 0 radical (unpaired) electrons. The van der Waals surface area contributed by atoms with E-state index in [1.54, 1.807) is 6.92 Å². The molecule has 0 aromatic heterocycles. The summed E-state index contributed by atoms with van der Waals surface area (Å²) in [6.45, 7) is 22.2. The van der Waals surface area contributed by atoms with Crippen molar-refractivity contribution >= 4 is 23.9 Å². The number of rotatable bonds is 11. The summed E-state index contributed by atoms with van der Waals surface area (Å²) in [7, 11) is 0. The van der Waals surface area contributed by atoms with Crippen LogP contribution in [0.3, 0.4) is 0 Å². The maximum atomic E-state index is 13.7. The van der Waals surface area contributed by atoms with E-state index >= 15 is 0 Å². The number of aliphatic hydroxyl groups is 1. The minimum atomic E-state index is -1.98. The van der Waals surface area contributed by atoms with Crippen LogP contribution in [0.15, 0.2) is 85.0 Å². The second-order valence-electron chi connectivity index (χ2n) is 17.4. The van der Waals surface area contributed by atoms with Crippen molar-refractivity contribution in [3.63, 3.8) is 0 Å². The van der Waals surface area contributed by atoms with Crippen LogP contribution in [0.2, 0.25) is 0 Å². The Bertz CT molecular complexity index is 1780. The van der Waals surface area contributed by atoms with E-state index in [0.717, 1.165) is 11.1 Å². The van der Waals surface area contributed by atoms with Crippen molar-refractivity contribution in [2.45, 2.75) is 149 Å². The molecule has 2 aliphatic carbocycles. The Morgan fingerprint density at radius 1 is 0.724 bits per heavy atom. The summed E-state index contributed by atoms with van der Waals surface area (Å²) in [5.74, 6) is -4.50. The molecule has 10 atom stereocenters. The molecule has 12 heteroatoms. The Hall–Kier alpha value is -4.36. The smallest absolute Gasteiger partial charge is 0.303 e. The maximum absolute atomic E-state index is 13.7. The SMILES string of the molecule is C=C1[C@H](OC(C)(C)C)[C@@H](OC(C)=O)[C@@H](OC(C)=O)C(C)(C)/C=C/[C@H](C)[C@H](OCc2ccccc2)[C@@]2(O)C[C@@](C)(OC(C)=O)[C@H](OC(C)=O)[C@@H]2[C@H]1OCc1ccccc1. The molecule has 1 N–H and O–H groups in total. The Morgan fingerprint density at radius 2 is 1.22 bits per heavy atom. The van der Waals surface area contributed by atoms with Crippen LogP contribution in [0.1, 0.15) is 93.7 Å². The highest BCUT2D eigenvalue weighted by atomic mass is 16.6. The van der Waals surface area contributed by atoms with Gasteiger partial charge in [0.15, 0.2) is 6.10 Å². The third-order valence-electron chi connectivity index (χ3n) is 10.6. The lowest BCUT2D eigenvalue weighted by Gasteiger charge is -2.47. The van der Waals surface area contributed by atoms with Crippen LogP contribution in [0.25, 0.3) is 0 Å². The fourth-order valence-corrected chi connectivity index (χ4v) is 8.43. The van der Waals surface area contributed by atoms with E-state index in [1.807, 2.05) is 114 Å². The normalized spacial score (nSPS) is 31.8. The number of carbonyl (C=O) groups excluding carboxylic acids is 4. The van der Waals surface area contributed by atoms with Crippen LogP contribution in [-0.2, 0) is 65.5 Å². The lowest BCUT2D eigenvalue weighted by molar-refractivity contribution is -0.206. The minimum Gasteiger partial charge on any atom is -0.458 e. The van der Waals surface area contributed by atoms with Gasteiger partial charge in [0.1, 0.15) is 29.5 Å². The van der Waals surface area contributed by atoms with E-state index < -0.39 is 94.6 Å². The summed E-state index contributed by atoms with van der Waals surface area (Å²) in [4.78, 5) is 52.0. The van der Waals surface area contributed by atoms with E-state index in [4.69, 9.17) is 33.2 Å². The van der Waals surface area contributed by atoms with E-state index in [2.05, 4.69) is 6.58 Å². The third kappa shape index (κ3) is 11.4. The molecule has 12 nitrogen and oxygen atoms in total. The molecule has 0 aliphatic heterocycles. The Morgan fingerprint density at radius 3 is 1.71 bits per heavy atom. The molecule has 2 aromatic rings. The van der Waals surface area contributed by atoms with Crippen LogP contribution in [-0.4, -0.2) is 82.4 Å². The van der Waals surface area contributed by atoms with Crippen molar-refractivity contribution in [3.05, 3.63) is 96.1 Å². The predicted octanol–water partition coefficient (Wildman–Crippen LogP) is 7.00. The molecular formula is C46H62O12. The van der Waals surface area contributed by atoms with Gasteiger partial charge >= 0.3 is 23.9 Å². The molecule has 0 amide bonds. The molecule has 0 bridgehead atoms. The molecule has 58 heavy (non-hydrogen) atoms. The molecule has 0 unspecified atom stereocenters. The van der Waals surface area contributed by atoms with E-state index in [1.165, 1.54) is 27.7 Å². The van der Waals surface area contributed by atoms with Gasteiger partial charge in [0, 0.05) is 45.4 Å². The minimum absolute atomic E-state index is 0.0154. The number of carbonyl (C=O) groups is 4. The summed E-state index contributed by atoms with van der Waals surface area (Å²) in [6.07, 6.45) is -3.93. The predicted molar refractivity (Wildman–Crippen MR) is 216 cm³/mol. The largest absolute Gasteiger partial charge is 0.458 e. The number of benzene rings is 2. The highest BCUT2D eigenvalue weighted by Gasteiger charge is 2.69. The van der Waals surface area contributed by atoms with Gasteiger partial charge in [-0.25, -0.2) is 0 Å². The van der Waals surface area contributed by atoms with Crippen LogP contribution in [0, 0.1) is 17.3 Å². The van der Waals surface area contributed by atoms with Crippen LogP contribution in [0.4, 0.5) is 0 Å². The number of ether oxygens (including phenoxy) is 7. The molecule has 0 spiro atoms. The highest BCUT2D eigenvalue weighted by Crippen LogP contribution is 2.54. The fraction of sp³-hybridized carbons (Fsp3) is 0.565. The molecule has 2 aromatic carbocycles. The summed E-state index contributed by atoms with van der Waals surface area (Å²) < 4.78 is 44.8. The quantitative estimate of drug-likeness (QED) is 0.141. The molecule has 1 saturated carbocycles. The summed E-state index contributed by atoms with van der Waals surface area (Å²) in [6, 6.07) is 18.8. The van der Waals surface area contributed by atoms with Crippen molar-refractivity contribution in [2.24, 2.45) is 17.3 Å². The molecule has 2 aliphatic rings. The first-order chi connectivity index (χ1) is 27.0. The maximum Gasteiger partial charge on any atom is 0.303 e. The number of hydrogen-bond donors (Lipinski definition) is 1. The van der Waals surface area contributed by atoms with Crippen LogP contribution in [0.5, 0.6) is 0 Å². The van der Waals surface area contributed by atoms with Crippen LogP contribution < -0.4 is 0 Å². The van der Waals surface area contributed by atoms with Crippen molar-refractivity contribution in [2.75, 3.05) is 0 Å². The molecule has 318 valence electrons. The van der Waals surface area contributed by atoms with Gasteiger partial charge < -0.3 is 38.3 Å². The molecule has 0 heterocycles. The Kier molecular flexibility index (Phi) is 14.9. The van der Waals surface area contributed by atoms with Crippen molar-refractivity contribution < 1.29 is 57.4 Å². The summed E-state index contributed by atoms with van der Waals surface area (Å²) in [5, 5.41) is 13.7. The second-order valence-corrected chi connectivity index (χ2v) is 17.4. The Balaban J connectivity index is 2.14. The molecule has 0 saturated heterocycles. The van der Waals surface area contributed by atoms with Gasteiger partial charge in [0.25, 0.3) is 0 Å². The standard InChI is InChI=1S/C46H62O12/c1-28-23-24-44(10,11)42(56-32(5)49)39(54-30(3)47)38(58-43(7,8)9)29(2)37(52-25-34-19-15-13-16-20-34)36-41(55-31(4)48)45(12,57-33(6)50)27-46(36,51)40(28)53-26-35-21-17-14-18-22-35/h13-24,28,36-42,51H,2,25-27H2,1,3-12H3/b24-23+/t28-,36-,37-,38-,39+,40-,41+,42+,45+,46+/m0/s1. The number of hydrogen-bond acceptors (Lipinski definition) is 12. The average Bonchev–Trinajstić information content (AvgIpc) is 3.32. The number of esters is 4. The monoisotopic (exact) mass is 806 g/mol. The fourth-order valence-electron chi connectivity index (χ4n) is 8.43. The second kappa shape index (κ2) is 18.7. The molecule has 4 rings (SSSR count). The van der Waals surface area contributed by atoms with Gasteiger partial charge in [0.05, 0.1) is 36.9 Å². The van der Waals surface area contributed by atoms with Gasteiger partial charge in [-0.1, -0.05) is 100 Å². The van der Waals surface area contributed by atoms with Gasteiger partial charge in [-0.15, -0.1) is 0 Å². The zero-order valence-electron chi connectivity index (χ0n) is 35.8. The van der Waals surface area contributed by atoms with Gasteiger partial charge in [0.2, 0.25) is 0 Å². The first-order valence-electron chi connectivity index (χ1n) is 19.8. The summed E-state index contributed by atoms with van der Waals surface area (Å²) in [5.41, 5.74) is -3.76. The molecule has 1 fully saturated rings. The Labute approximate surface area is 343 Å². The average molecular weight is 807 g/mol. The number of fused-ring (bicyclic) bond motifs is 1. The van der Waals surface area contributed by atoms with Crippen molar-refractivity contribution in [1.29, 1.82) is 0 Å². The molecular weight excluding hydrogens is 744 g/mol. The third-order valence-corrected chi connectivity index (χ3v) is 10.6. The van der Waals surface area contributed by atoms with Crippen LogP contribution >= 0.6 is 0 Å². The first kappa shape index (κ1) is 46.3.